The number of fused-ring (bicyclic) bond motifs is 1. The van der Waals surface area contributed by atoms with Gasteiger partial charge in [-0.25, -0.2) is 0 Å². The van der Waals surface area contributed by atoms with Crippen molar-refractivity contribution >= 4 is 46.7 Å². The molecule has 4 amide bonds. The minimum absolute atomic E-state index is 0.00877. The van der Waals surface area contributed by atoms with Gasteiger partial charge in [0.25, 0.3) is 5.91 Å². The zero-order valence-corrected chi connectivity index (χ0v) is 31.4. The summed E-state index contributed by atoms with van der Waals surface area (Å²) in [5.41, 5.74) is -0.543. The van der Waals surface area contributed by atoms with E-state index in [-0.39, 0.29) is 43.7 Å². The number of likely N-dealkylation sites (tertiary alicyclic amines) is 1. The third-order valence-corrected chi connectivity index (χ3v) is 11.0. The Labute approximate surface area is 310 Å². The molecule has 0 unspecified atom stereocenters. The Hall–Kier alpha value is -3.87. The van der Waals surface area contributed by atoms with Crippen LogP contribution in [0, 0.1) is 11.3 Å². The number of Topliss-reactive ketones (excluding diaryl/α,β-unsaturated/α-hetero) is 1. The summed E-state index contributed by atoms with van der Waals surface area (Å²) >= 11 is 6.54. The van der Waals surface area contributed by atoms with Gasteiger partial charge in [-0.3, -0.25) is 24.0 Å². The second-order valence-corrected chi connectivity index (χ2v) is 16.6. The largest absolute Gasteiger partial charge is 0.486 e. The van der Waals surface area contributed by atoms with E-state index in [1.807, 2.05) is 27.7 Å². The van der Waals surface area contributed by atoms with Crippen LogP contribution in [0.25, 0.3) is 0 Å². The lowest BCUT2D eigenvalue weighted by atomic mass is 9.84. The zero-order valence-electron chi connectivity index (χ0n) is 30.7. The molecule has 52 heavy (non-hydrogen) atoms. The zero-order chi connectivity index (χ0) is 37.2. The fourth-order valence-electron chi connectivity index (χ4n) is 7.72. The number of nitrogens with zero attached hydrogens (tertiary/aromatic N) is 2. The van der Waals surface area contributed by atoms with Crippen LogP contribution in [0.1, 0.15) is 110 Å². The number of hydrogen-bond acceptors (Lipinski definition) is 9. The van der Waals surface area contributed by atoms with Gasteiger partial charge < -0.3 is 35.2 Å². The number of rotatable bonds is 12. The van der Waals surface area contributed by atoms with Gasteiger partial charge in [0.2, 0.25) is 23.5 Å². The lowest BCUT2D eigenvalue weighted by Crippen LogP contribution is -2.59. The van der Waals surface area contributed by atoms with Crippen LogP contribution in [0.5, 0.6) is 11.5 Å². The van der Waals surface area contributed by atoms with Crippen LogP contribution in [-0.2, 0) is 28.8 Å². The normalized spacial score (nSPS) is 24.1. The molecule has 0 aromatic heterocycles. The van der Waals surface area contributed by atoms with Crippen molar-refractivity contribution in [1.29, 1.82) is 0 Å². The Balaban J connectivity index is 1.25. The molecule has 0 radical (unpaired) electrons. The van der Waals surface area contributed by atoms with Crippen LogP contribution in [0.2, 0.25) is 5.02 Å². The molecule has 1 aromatic rings. The molecule has 14 heteroatoms. The van der Waals surface area contributed by atoms with E-state index in [4.69, 9.17) is 25.9 Å². The predicted octanol–water partition coefficient (Wildman–Crippen LogP) is 4.21. The minimum atomic E-state index is -1.07. The summed E-state index contributed by atoms with van der Waals surface area (Å²) in [5, 5.41) is 13.3. The molecule has 3 aliphatic heterocycles. The number of halogens is 1. The van der Waals surface area contributed by atoms with Crippen molar-refractivity contribution in [2.45, 2.75) is 135 Å². The second-order valence-electron chi connectivity index (χ2n) is 16.2. The van der Waals surface area contributed by atoms with Gasteiger partial charge in [0.1, 0.15) is 25.3 Å². The first-order valence-electron chi connectivity index (χ1n) is 18.9. The average Bonchev–Trinajstić information content (AvgIpc) is 3.70. The van der Waals surface area contributed by atoms with Crippen LogP contribution < -0.4 is 25.4 Å². The SMILES string of the molecule is CCC[C@H](NC(=O)[C@@H]1C[C@]2(CC(c3cc(Cl)c4c(c3)OCCO4)=NO2)CN1C(=O)[C@@H](NC(=O)CC1CCCCC1)C(C)(C)C)C(=O)C(=O)NC1CC1. The minimum Gasteiger partial charge on any atom is -0.486 e. The van der Waals surface area contributed by atoms with Crippen LogP contribution in [-0.4, -0.2) is 89.6 Å². The molecule has 3 heterocycles. The molecule has 4 atom stereocenters. The summed E-state index contributed by atoms with van der Waals surface area (Å²) in [5.74, 6) is -1.39. The number of carbonyl (C=O) groups is 5. The number of benzene rings is 1. The first-order valence-corrected chi connectivity index (χ1v) is 19.2. The van der Waals surface area contributed by atoms with E-state index < -0.39 is 52.6 Å². The van der Waals surface area contributed by atoms with E-state index in [0.717, 1.165) is 38.5 Å². The molecule has 0 bridgehead atoms. The molecule has 1 saturated heterocycles. The summed E-state index contributed by atoms with van der Waals surface area (Å²) in [7, 11) is 0. The van der Waals surface area contributed by atoms with Gasteiger partial charge in [-0.2, -0.15) is 0 Å². The third-order valence-electron chi connectivity index (χ3n) is 10.7. The van der Waals surface area contributed by atoms with Gasteiger partial charge in [-0.1, -0.05) is 70.1 Å². The number of ketones is 1. The number of hydrogen-bond donors (Lipinski definition) is 3. The average molecular weight is 742 g/mol. The maximum absolute atomic E-state index is 14.7. The molecule has 6 rings (SSSR count). The fourth-order valence-corrected chi connectivity index (χ4v) is 7.98. The number of ether oxygens (including phenoxy) is 2. The van der Waals surface area contributed by atoms with Crippen LogP contribution in [0.3, 0.4) is 0 Å². The lowest BCUT2D eigenvalue weighted by Gasteiger charge is -2.36. The van der Waals surface area contributed by atoms with Gasteiger partial charge in [0.05, 0.1) is 23.3 Å². The molecule has 1 spiro atoms. The molecular formula is C38H52ClN5O8. The van der Waals surface area contributed by atoms with Crippen molar-refractivity contribution in [3.05, 3.63) is 22.7 Å². The molecule has 2 aliphatic carbocycles. The van der Waals surface area contributed by atoms with Crippen molar-refractivity contribution in [1.82, 2.24) is 20.9 Å². The van der Waals surface area contributed by atoms with Gasteiger partial charge in [-0.15, -0.1) is 0 Å². The Kier molecular flexibility index (Phi) is 11.4. The predicted molar refractivity (Wildman–Crippen MR) is 193 cm³/mol. The topological polar surface area (TPSA) is 165 Å². The van der Waals surface area contributed by atoms with Crippen molar-refractivity contribution in [2.75, 3.05) is 19.8 Å². The van der Waals surface area contributed by atoms with Crippen LogP contribution >= 0.6 is 11.6 Å². The maximum atomic E-state index is 14.7. The van der Waals surface area contributed by atoms with E-state index in [9.17, 15) is 24.0 Å². The summed E-state index contributed by atoms with van der Waals surface area (Å²) in [6.45, 7) is 8.28. The maximum Gasteiger partial charge on any atom is 0.289 e. The van der Waals surface area contributed by atoms with Crippen LogP contribution in [0.15, 0.2) is 17.3 Å². The van der Waals surface area contributed by atoms with Gasteiger partial charge >= 0.3 is 0 Å². The fraction of sp³-hybridized carbons (Fsp3) is 0.684. The highest BCUT2D eigenvalue weighted by Gasteiger charge is 2.56. The van der Waals surface area contributed by atoms with Crippen molar-refractivity contribution in [2.24, 2.45) is 16.5 Å². The second kappa shape index (κ2) is 15.6. The van der Waals surface area contributed by atoms with Gasteiger partial charge in [0.15, 0.2) is 17.1 Å². The Morgan fingerprint density at radius 1 is 1.02 bits per heavy atom. The van der Waals surface area contributed by atoms with Crippen molar-refractivity contribution in [3.8, 4) is 11.5 Å². The lowest BCUT2D eigenvalue weighted by molar-refractivity contribution is -0.145. The summed E-state index contributed by atoms with van der Waals surface area (Å²) in [6.07, 6.45) is 8.45. The molecule has 13 nitrogen and oxygen atoms in total. The number of oxime groups is 1. The van der Waals surface area contributed by atoms with Gasteiger partial charge in [-0.05, 0) is 55.6 Å². The summed E-state index contributed by atoms with van der Waals surface area (Å²) in [6, 6.07) is 0.430. The van der Waals surface area contributed by atoms with E-state index >= 15 is 0 Å². The molecule has 5 aliphatic rings. The monoisotopic (exact) mass is 741 g/mol. The van der Waals surface area contributed by atoms with E-state index in [1.54, 1.807) is 12.1 Å². The van der Waals surface area contributed by atoms with E-state index in [0.29, 0.717) is 53.9 Å². The molecule has 2 saturated carbocycles. The highest BCUT2D eigenvalue weighted by Crippen LogP contribution is 2.43. The number of amides is 4. The standard InChI is InChI=1S/C38H52ClN5O8/c1-5-9-26(31(46)35(48)40-24-12-13-24)41-34(47)28-20-38(19-27(43-52-38)23-17-25(39)32-29(18-23)50-14-15-51-32)21-44(28)36(49)33(37(2,3)4)42-30(45)16-22-10-7-6-8-11-22/h17-18,22,24,26,28,33H,5-16,19-21H2,1-4H3,(H,40,48)(H,41,47)(H,42,45)/t26-,28-,33+,38+/m0/s1. The molecule has 3 fully saturated rings. The first-order chi connectivity index (χ1) is 24.8. The highest BCUT2D eigenvalue weighted by molar-refractivity contribution is 6.38. The summed E-state index contributed by atoms with van der Waals surface area (Å²) < 4.78 is 11.4. The first kappa shape index (κ1) is 37.9. The molecule has 3 N–H and O–H groups in total. The highest BCUT2D eigenvalue weighted by atomic mass is 35.5. The van der Waals surface area contributed by atoms with Crippen LogP contribution in [0.4, 0.5) is 0 Å². The Morgan fingerprint density at radius 2 is 1.75 bits per heavy atom. The molecular weight excluding hydrogens is 690 g/mol. The van der Waals surface area contributed by atoms with Crippen molar-refractivity contribution in [3.63, 3.8) is 0 Å². The van der Waals surface area contributed by atoms with E-state index in [1.165, 1.54) is 11.3 Å². The van der Waals surface area contributed by atoms with Gasteiger partial charge in [0, 0.05) is 30.9 Å². The third kappa shape index (κ3) is 8.66. The summed E-state index contributed by atoms with van der Waals surface area (Å²) in [4.78, 5) is 75.9. The quantitative estimate of drug-likeness (QED) is 0.268. The smallest absolute Gasteiger partial charge is 0.289 e. The van der Waals surface area contributed by atoms with E-state index in [2.05, 4.69) is 21.1 Å². The Morgan fingerprint density at radius 3 is 2.44 bits per heavy atom. The number of carbonyl (C=O) groups excluding carboxylic acids is 5. The molecule has 284 valence electrons. The van der Waals surface area contributed by atoms with Crippen molar-refractivity contribution < 1.29 is 38.3 Å². The Bertz CT molecular complexity index is 1600. The number of nitrogens with one attached hydrogen (secondary N) is 3. The molecule has 1 aromatic carbocycles.